The van der Waals surface area contributed by atoms with E-state index in [1.165, 1.54) is 0 Å². The SMILES string of the molecule is CCOC(=O)CNC(=O)C(C)c1cccc(N)c1. The van der Waals surface area contributed by atoms with Gasteiger partial charge in [-0.3, -0.25) is 9.59 Å². The standard InChI is InChI=1S/C13H18N2O3/c1-3-18-12(16)8-15-13(17)9(2)10-5-4-6-11(14)7-10/h4-7,9H,3,8,14H2,1-2H3,(H,15,17). The first kappa shape index (κ1) is 14.0. The second kappa shape index (κ2) is 6.64. The highest BCUT2D eigenvalue weighted by molar-refractivity contribution is 5.86. The quantitative estimate of drug-likeness (QED) is 0.604. The number of amides is 1. The Bertz CT molecular complexity index is 432. The number of carbonyl (C=O) groups is 2. The highest BCUT2D eigenvalue weighted by Gasteiger charge is 2.16. The van der Waals surface area contributed by atoms with E-state index in [1.54, 1.807) is 32.0 Å². The number of nitrogens with two attached hydrogens (primary N) is 1. The average molecular weight is 250 g/mol. The van der Waals surface area contributed by atoms with E-state index < -0.39 is 5.97 Å². The van der Waals surface area contributed by atoms with Crippen molar-refractivity contribution in [3.8, 4) is 0 Å². The van der Waals surface area contributed by atoms with Gasteiger partial charge in [-0.2, -0.15) is 0 Å². The molecule has 1 atom stereocenters. The Hall–Kier alpha value is -2.04. The van der Waals surface area contributed by atoms with Crippen LogP contribution in [-0.4, -0.2) is 25.0 Å². The van der Waals surface area contributed by atoms with Crippen molar-refractivity contribution in [1.29, 1.82) is 0 Å². The van der Waals surface area contributed by atoms with E-state index in [2.05, 4.69) is 5.32 Å². The lowest BCUT2D eigenvalue weighted by Crippen LogP contribution is -2.33. The normalized spacial score (nSPS) is 11.7. The third-order valence-corrected chi connectivity index (χ3v) is 2.52. The third kappa shape index (κ3) is 4.08. The number of hydrogen-bond acceptors (Lipinski definition) is 4. The van der Waals surface area contributed by atoms with E-state index in [-0.39, 0.29) is 18.4 Å². The van der Waals surface area contributed by atoms with Crippen molar-refractivity contribution in [2.24, 2.45) is 0 Å². The van der Waals surface area contributed by atoms with Gasteiger partial charge in [0.25, 0.3) is 0 Å². The number of hydrogen-bond donors (Lipinski definition) is 2. The van der Waals surface area contributed by atoms with E-state index in [9.17, 15) is 9.59 Å². The van der Waals surface area contributed by atoms with Crippen LogP contribution in [0.15, 0.2) is 24.3 Å². The van der Waals surface area contributed by atoms with Gasteiger partial charge in [0.2, 0.25) is 5.91 Å². The Morgan fingerprint density at radius 2 is 2.17 bits per heavy atom. The molecule has 0 saturated heterocycles. The minimum absolute atomic E-state index is 0.112. The second-order valence-electron chi connectivity index (χ2n) is 3.91. The minimum atomic E-state index is -0.439. The maximum atomic E-state index is 11.8. The molecule has 1 aromatic carbocycles. The van der Waals surface area contributed by atoms with E-state index in [1.807, 2.05) is 6.07 Å². The van der Waals surface area contributed by atoms with Crippen LogP contribution in [0, 0.1) is 0 Å². The molecule has 0 heterocycles. The number of benzene rings is 1. The molecule has 1 unspecified atom stereocenters. The van der Waals surface area contributed by atoms with Crippen molar-refractivity contribution in [1.82, 2.24) is 5.32 Å². The summed E-state index contributed by atoms with van der Waals surface area (Å²) in [6, 6.07) is 7.12. The van der Waals surface area contributed by atoms with Crippen LogP contribution < -0.4 is 11.1 Å². The van der Waals surface area contributed by atoms with Crippen LogP contribution in [0.5, 0.6) is 0 Å². The molecule has 1 aromatic rings. The Labute approximate surface area is 106 Å². The summed E-state index contributed by atoms with van der Waals surface area (Å²) in [6.07, 6.45) is 0. The molecule has 98 valence electrons. The molecule has 0 saturated carbocycles. The molecule has 1 amide bonds. The molecular weight excluding hydrogens is 232 g/mol. The predicted molar refractivity (Wildman–Crippen MR) is 68.9 cm³/mol. The fraction of sp³-hybridized carbons (Fsp3) is 0.385. The number of carbonyl (C=O) groups excluding carboxylic acids is 2. The summed E-state index contributed by atoms with van der Waals surface area (Å²) in [4.78, 5) is 22.9. The average Bonchev–Trinajstić information content (AvgIpc) is 2.35. The lowest BCUT2D eigenvalue weighted by atomic mass is 10.00. The van der Waals surface area contributed by atoms with Gasteiger partial charge < -0.3 is 15.8 Å². The van der Waals surface area contributed by atoms with Crippen LogP contribution >= 0.6 is 0 Å². The highest BCUT2D eigenvalue weighted by Crippen LogP contribution is 2.17. The predicted octanol–water partition coefficient (Wildman–Crippen LogP) is 1.05. The van der Waals surface area contributed by atoms with Crippen molar-refractivity contribution < 1.29 is 14.3 Å². The molecule has 5 heteroatoms. The van der Waals surface area contributed by atoms with Gasteiger partial charge in [0, 0.05) is 5.69 Å². The zero-order valence-corrected chi connectivity index (χ0v) is 10.6. The molecule has 3 N–H and O–H groups in total. The molecule has 0 fully saturated rings. The summed E-state index contributed by atoms with van der Waals surface area (Å²) in [5, 5.41) is 2.53. The number of ether oxygens (including phenoxy) is 1. The fourth-order valence-electron chi connectivity index (χ4n) is 1.50. The first-order chi connectivity index (χ1) is 8.54. The molecule has 0 aromatic heterocycles. The van der Waals surface area contributed by atoms with Crippen molar-refractivity contribution in [2.45, 2.75) is 19.8 Å². The molecule has 18 heavy (non-hydrogen) atoms. The Kier molecular flexibility index (Phi) is 5.17. The van der Waals surface area contributed by atoms with Gasteiger partial charge in [0.15, 0.2) is 0 Å². The van der Waals surface area contributed by atoms with Gasteiger partial charge in [0.05, 0.1) is 12.5 Å². The summed E-state index contributed by atoms with van der Waals surface area (Å²) in [5.41, 5.74) is 7.08. The zero-order chi connectivity index (χ0) is 13.5. The second-order valence-corrected chi connectivity index (χ2v) is 3.91. The third-order valence-electron chi connectivity index (χ3n) is 2.52. The molecule has 0 radical (unpaired) electrons. The van der Waals surface area contributed by atoms with Gasteiger partial charge in [-0.1, -0.05) is 12.1 Å². The molecule has 1 rings (SSSR count). The van der Waals surface area contributed by atoms with E-state index in [0.717, 1.165) is 5.56 Å². The van der Waals surface area contributed by atoms with Crippen LogP contribution in [0.4, 0.5) is 5.69 Å². The molecule has 0 spiro atoms. The van der Waals surface area contributed by atoms with Gasteiger partial charge >= 0.3 is 5.97 Å². The van der Waals surface area contributed by atoms with Crippen LogP contribution in [-0.2, 0) is 14.3 Å². The summed E-state index contributed by atoms with van der Waals surface area (Å²) in [7, 11) is 0. The molecular formula is C13H18N2O3. The Morgan fingerprint density at radius 3 is 2.78 bits per heavy atom. The lowest BCUT2D eigenvalue weighted by Gasteiger charge is -2.12. The van der Waals surface area contributed by atoms with Gasteiger partial charge in [-0.25, -0.2) is 0 Å². The first-order valence-corrected chi connectivity index (χ1v) is 5.83. The van der Waals surface area contributed by atoms with Gasteiger partial charge in [0.1, 0.15) is 6.54 Å². The maximum absolute atomic E-state index is 11.8. The van der Waals surface area contributed by atoms with Gasteiger partial charge in [-0.15, -0.1) is 0 Å². The molecule has 0 aliphatic rings. The summed E-state index contributed by atoms with van der Waals surface area (Å²) in [5.74, 6) is -1.03. The highest BCUT2D eigenvalue weighted by atomic mass is 16.5. The van der Waals surface area contributed by atoms with E-state index in [0.29, 0.717) is 12.3 Å². The van der Waals surface area contributed by atoms with Crippen molar-refractivity contribution in [3.05, 3.63) is 29.8 Å². The number of nitrogens with one attached hydrogen (secondary N) is 1. The molecule has 0 aliphatic heterocycles. The van der Waals surface area contributed by atoms with Crippen LogP contribution in [0.25, 0.3) is 0 Å². The van der Waals surface area contributed by atoms with E-state index >= 15 is 0 Å². The number of nitrogen functional groups attached to an aromatic ring is 1. The molecule has 5 nitrogen and oxygen atoms in total. The largest absolute Gasteiger partial charge is 0.465 e. The van der Waals surface area contributed by atoms with E-state index in [4.69, 9.17) is 10.5 Å². The van der Waals surface area contributed by atoms with Crippen molar-refractivity contribution in [2.75, 3.05) is 18.9 Å². The van der Waals surface area contributed by atoms with Crippen molar-refractivity contribution in [3.63, 3.8) is 0 Å². The summed E-state index contributed by atoms with van der Waals surface area (Å²) in [6.45, 7) is 3.67. The fourth-order valence-corrected chi connectivity index (χ4v) is 1.50. The topological polar surface area (TPSA) is 81.4 Å². The minimum Gasteiger partial charge on any atom is -0.465 e. The summed E-state index contributed by atoms with van der Waals surface area (Å²) < 4.78 is 4.72. The zero-order valence-electron chi connectivity index (χ0n) is 10.6. The van der Waals surface area contributed by atoms with Crippen LogP contribution in [0.2, 0.25) is 0 Å². The van der Waals surface area contributed by atoms with Gasteiger partial charge in [-0.05, 0) is 31.5 Å². The smallest absolute Gasteiger partial charge is 0.325 e. The Balaban J connectivity index is 2.54. The Morgan fingerprint density at radius 1 is 1.44 bits per heavy atom. The summed E-state index contributed by atoms with van der Waals surface area (Å²) >= 11 is 0. The van der Waals surface area contributed by atoms with Crippen LogP contribution in [0.1, 0.15) is 25.3 Å². The van der Waals surface area contributed by atoms with Crippen LogP contribution in [0.3, 0.4) is 0 Å². The lowest BCUT2D eigenvalue weighted by molar-refractivity contribution is -0.143. The van der Waals surface area contributed by atoms with Crippen molar-refractivity contribution >= 4 is 17.6 Å². The number of anilines is 1. The number of rotatable bonds is 5. The monoisotopic (exact) mass is 250 g/mol. The first-order valence-electron chi connectivity index (χ1n) is 5.83. The maximum Gasteiger partial charge on any atom is 0.325 e. The molecule has 0 bridgehead atoms. The number of esters is 1. The molecule has 0 aliphatic carbocycles.